The van der Waals surface area contributed by atoms with Crippen LogP contribution in [0.15, 0.2) is 15.7 Å². The van der Waals surface area contributed by atoms with Gasteiger partial charge in [-0.2, -0.15) is 4.72 Å². The zero-order chi connectivity index (χ0) is 12.6. The average Bonchev–Trinajstić information content (AvgIpc) is 2.50. The molecule has 0 radical (unpaired) electrons. The van der Waals surface area contributed by atoms with Gasteiger partial charge in [-0.1, -0.05) is 0 Å². The molecule has 1 amide bonds. The minimum Gasteiger partial charge on any atom is -0.398 e. The first-order valence-corrected chi connectivity index (χ1v) is 6.69. The van der Waals surface area contributed by atoms with Crippen molar-refractivity contribution >= 4 is 33.0 Å². The molecule has 0 aliphatic carbocycles. The number of amides is 1. The van der Waals surface area contributed by atoms with E-state index in [1.165, 1.54) is 25.3 Å². The van der Waals surface area contributed by atoms with Crippen molar-refractivity contribution in [2.75, 3.05) is 5.73 Å². The predicted molar refractivity (Wildman–Crippen MR) is 62.3 cm³/mol. The second kappa shape index (κ2) is 4.04. The molecule has 0 aliphatic heterocycles. The van der Waals surface area contributed by atoms with Crippen LogP contribution in [0.2, 0.25) is 0 Å². The van der Waals surface area contributed by atoms with E-state index in [0.29, 0.717) is 5.69 Å². The van der Waals surface area contributed by atoms with Crippen molar-refractivity contribution in [3.8, 4) is 0 Å². The van der Waals surface area contributed by atoms with E-state index >= 15 is 0 Å². The highest BCUT2D eigenvalue weighted by atomic mass is 32.2. The number of rotatable bonds is 4. The quantitative estimate of drug-likeness (QED) is 0.701. The first kappa shape index (κ1) is 12.9. The summed E-state index contributed by atoms with van der Waals surface area (Å²) in [6, 6.07) is 1.32. The van der Waals surface area contributed by atoms with Crippen LogP contribution in [-0.4, -0.2) is 19.9 Å². The Morgan fingerprint density at radius 1 is 1.50 bits per heavy atom. The number of nitrogens with two attached hydrogens (primary N) is 2. The molecule has 0 fully saturated rings. The Balaban J connectivity index is 3.02. The maximum absolute atomic E-state index is 11.8. The Kier molecular flexibility index (Phi) is 3.27. The molecule has 8 heteroatoms. The normalized spacial score (nSPS) is 12.6. The second-order valence-electron chi connectivity index (χ2n) is 3.79. The summed E-state index contributed by atoms with van der Waals surface area (Å²) in [5, 5.41) is 1.51. The Bertz CT molecular complexity index is 504. The van der Waals surface area contributed by atoms with Crippen LogP contribution in [0.4, 0.5) is 5.69 Å². The number of carbonyl (C=O) groups is 1. The lowest BCUT2D eigenvalue weighted by Gasteiger charge is -2.21. The first-order valence-electron chi connectivity index (χ1n) is 4.33. The van der Waals surface area contributed by atoms with Crippen molar-refractivity contribution in [2.24, 2.45) is 5.73 Å². The van der Waals surface area contributed by atoms with Crippen molar-refractivity contribution in [1.82, 2.24) is 4.72 Å². The average molecular weight is 263 g/mol. The second-order valence-corrected chi connectivity index (χ2v) is 6.61. The first-order chi connectivity index (χ1) is 7.15. The molecule has 0 bridgehead atoms. The molecule has 1 rings (SSSR count). The Morgan fingerprint density at radius 3 is 2.44 bits per heavy atom. The third-order valence-corrected chi connectivity index (χ3v) is 4.98. The van der Waals surface area contributed by atoms with Gasteiger partial charge in [-0.3, -0.25) is 4.79 Å². The summed E-state index contributed by atoms with van der Waals surface area (Å²) in [5.74, 6) is -0.749. The highest BCUT2D eigenvalue weighted by molar-refractivity contribution is 7.91. The largest absolute Gasteiger partial charge is 0.398 e. The van der Waals surface area contributed by atoms with Crippen molar-refractivity contribution in [1.29, 1.82) is 0 Å². The summed E-state index contributed by atoms with van der Waals surface area (Å²) >= 11 is 0.981. The van der Waals surface area contributed by atoms with Crippen LogP contribution in [0.1, 0.15) is 13.8 Å². The topological polar surface area (TPSA) is 115 Å². The number of thiophene rings is 1. The molecule has 1 aromatic heterocycles. The number of nitrogens with one attached hydrogen (secondary N) is 1. The van der Waals surface area contributed by atoms with E-state index in [9.17, 15) is 13.2 Å². The molecule has 0 atom stereocenters. The summed E-state index contributed by atoms with van der Waals surface area (Å²) in [4.78, 5) is 11.0. The van der Waals surface area contributed by atoms with Crippen LogP contribution in [-0.2, 0) is 14.8 Å². The lowest BCUT2D eigenvalue weighted by Crippen LogP contribution is -2.52. The zero-order valence-electron chi connectivity index (χ0n) is 8.85. The van der Waals surface area contributed by atoms with Crippen LogP contribution in [0.25, 0.3) is 0 Å². The third-order valence-electron chi connectivity index (χ3n) is 1.87. The number of primary amides is 1. The molecule has 0 unspecified atom stereocenters. The van der Waals surface area contributed by atoms with Crippen LogP contribution in [0.3, 0.4) is 0 Å². The number of carbonyl (C=O) groups excluding carboxylic acids is 1. The van der Waals surface area contributed by atoms with Gasteiger partial charge in [0.25, 0.3) is 10.0 Å². The maximum atomic E-state index is 11.8. The molecule has 6 nitrogen and oxygen atoms in total. The lowest BCUT2D eigenvalue weighted by molar-refractivity contribution is -0.122. The van der Waals surface area contributed by atoms with E-state index in [0.717, 1.165) is 11.3 Å². The van der Waals surface area contributed by atoms with Gasteiger partial charge in [0.05, 0.1) is 0 Å². The zero-order valence-corrected chi connectivity index (χ0v) is 10.5. The molecular weight excluding hydrogens is 250 g/mol. The molecular formula is C8H13N3O3S2. The van der Waals surface area contributed by atoms with Crippen molar-refractivity contribution in [3.05, 3.63) is 11.4 Å². The molecule has 0 saturated carbocycles. The van der Waals surface area contributed by atoms with Crippen molar-refractivity contribution in [2.45, 2.75) is 23.6 Å². The summed E-state index contributed by atoms with van der Waals surface area (Å²) in [5.41, 5.74) is 9.53. The van der Waals surface area contributed by atoms with Gasteiger partial charge in [0.2, 0.25) is 5.91 Å². The van der Waals surface area contributed by atoms with E-state index in [-0.39, 0.29) is 4.21 Å². The van der Waals surface area contributed by atoms with Gasteiger partial charge in [0.1, 0.15) is 9.75 Å². The Hall–Kier alpha value is -1.12. The molecule has 0 saturated heterocycles. The third kappa shape index (κ3) is 2.71. The van der Waals surface area contributed by atoms with Gasteiger partial charge in [0, 0.05) is 11.1 Å². The van der Waals surface area contributed by atoms with Gasteiger partial charge in [0.15, 0.2) is 0 Å². The lowest BCUT2D eigenvalue weighted by atomic mass is 10.1. The van der Waals surface area contributed by atoms with E-state index in [2.05, 4.69) is 4.72 Å². The van der Waals surface area contributed by atoms with Gasteiger partial charge < -0.3 is 11.5 Å². The SMILES string of the molecule is CC(C)(NS(=O)(=O)c1cc(N)cs1)C(N)=O. The molecule has 1 aromatic rings. The van der Waals surface area contributed by atoms with Gasteiger partial charge in [-0.25, -0.2) is 8.42 Å². The van der Waals surface area contributed by atoms with Gasteiger partial charge in [-0.15, -0.1) is 11.3 Å². The molecule has 0 aliphatic rings. The van der Waals surface area contributed by atoms with E-state index < -0.39 is 21.5 Å². The molecule has 0 spiro atoms. The monoisotopic (exact) mass is 263 g/mol. The fourth-order valence-corrected chi connectivity index (χ4v) is 3.37. The van der Waals surface area contributed by atoms with Gasteiger partial charge >= 0.3 is 0 Å². The van der Waals surface area contributed by atoms with Crippen LogP contribution < -0.4 is 16.2 Å². The standard InChI is InChI=1S/C8H13N3O3S2/c1-8(2,7(10)12)11-16(13,14)6-3-5(9)4-15-6/h3-4,11H,9H2,1-2H3,(H2,10,12). The molecule has 90 valence electrons. The number of hydrogen-bond donors (Lipinski definition) is 3. The minimum atomic E-state index is -3.75. The fraction of sp³-hybridized carbons (Fsp3) is 0.375. The molecule has 0 aromatic carbocycles. The smallest absolute Gasteiger partial charge is 0.251 e. The fourth-order valence-electron chi connectivity index (χ4n) is 0.908. The highest BCUT2D eigenvalue weighted by Crippen LogP contribution is 2.22. The Morgan fingerprint density at radius 2 is 2.06 bits per heavy atom. The van der Waals surface area contributed by atoms with Crippen LogP contribution in [0, 0.1) is 0 Å². The number of nitrogen functional groups attached to an aromatic ring is 1. The van der Waals surface area contributed by atoms with Crippen LogP contribution in [0.5, 0.6) is 0 Å². The summed E-state index contributed by atoms with van der Waals surface area (Å²) in [7, 11) is -3.75. The predicted octanol–water partition coefficient (Wildman–Crippen LogP) is -0.128. The number of anilines is 1. The summed E-state index contributed by atoms with van der Waals surface area (Å²) in [6.45, 7) is 2.79. The van der Waals surface area contributed by atoms with Crippen molar-refractivity contribution < 1.29 is 13.2 Å². The Labute approximate surface area is 97.7 Å². The summed E-state index contributed by atoms with van der Waals surface area (Å²) in [6.07, 6.45) is 0. The highest BCUT2D eigenvalue weighted by Gasteiger charge is 2.31. The maximum Gasteiger partial charge on any atom is 0.251 e. The molecule has 1 heterocycles. The van der Waals surface area contributed by atoms with E-state index in [1.807, 2.05) is 0 Å². The minimum absolute atomic E-state index is 0.0549. The van der Waals surface area contributed by atoms with E-state index in [1.54, 1.807) is 0 Å². The van der Waals surface area contributed by atoms with Crippen LogP contribution >= 0.6 is 11.3 Å². The number of hydrogen-bond acceptors (Lipinski definition) is 5. The summed E-state index contributed by atoms with van der Waals surface area (Å²) < 4.78 is 25.9. The molecule has 16 heavy (non-hydrogen) atoms. The molecule has 5 N–H and O–H groups in total. The van der Waals surface area contributed by atoms with Gasteiger partial charge in [-0.05, 0) is 19.9 Å². The van der Waals surface area contributed by atoms with E-state index in [4.69, 9.17) is 11.5 Å². The number of sulfonamides is 1. The van der Waals surface area contributed by atoms with Crippen molar-refractivity contribution in [3.63, 3.8) is 0 Å².